The number of hydrogen-bond acceptors (Lipinski definition) is 12. The highest BCUT2D eigenvalue weighted by Crippen LogP contribution is 2.55. The third kappa shape index (κ3) is 5.82. The summed E-state index contributed by atoms with van der Waals surface area (Å²) in [5.74, 6) is 2.19. The van der Waals surface area contributed by atoms with Crippen LogP contribution in [0.15, 0.2) is 10.7 Å². The van der Waals surface area contributed by atoms with Gasteiger partial charge in [-0.2, -0.15) is 10.4 Å². The van der Waals surface area contributed by atoms with Crippen molar-refractivity contribution >= 4 is 39.3 Å². The molecule has 8 rings (SSSR count). The van der Waals surface area contributed by atoms with Gasteiger partial charge in [-0.3, -0.25) is 0 Å². The molecular weight excluding hydrogens is 665 g/mol. The van der Waals surface area contributed by atoms with E-state index in [-0.39, 0.29) is 18.2 Å². The molecule has 2 fully saturated rings. The number of nitriles is 1. The zero-order chi connectivity index (χ0) is 35.7. The van der Waals surface area contributed by atoms with E-state index in [4.69, 9.17) is 35.2 Å². The average molecular weight is 713 g/mol. The summed E-state index contributed by atoms with van der Waals surface area (Å²) >= 11 is 1.55. The molecule has 2 aliphatic carbocycles. The first-order valence-electron chi connectivity index (χ1n) is 18.5. The van der Waals surface area contributed by atoms with Crippen LogP contribution < -0.4 is 16.0 Å². The number of aromatic nitrogens is 5. The normalized spacial score (nSPS) is 23.3. The Hall–Kier alpha value is -4.22. The molecule has 0 unspecified atom stereocenters. The summed E-state index contributed by atoms with van der Waals surface area (Å²) in [4.78, 5) is 28.9. The van der Waals surface area contributed by atoms with Gasteiger partial charge in [0, 0.05) is 35.6 Å². The Bertz CT molecular complexity index is 2010. The van der Waals surface area contributed by atoms with Crippen LogP contribution in [0.5, 0.6) is 0 Å². The SMILES string of the molecule is C[C@@H]([C@@H]1CCCN1C)n1ncc2c(N3CCC(NC(=O)OC(C)(C)C)CC3)nc(-c3noc4c3CCC[C@@]43CCCc4sc(N)c(C#N)c43)nc21. The molecule has 14 heteroatoms. The maximum absolute atomic E-state index is 12.5. The molecule has 3 atom stereocenters. The standard InChI is InChI=1S/C37H48N10O3S/c1-21(26-10-8-16-45(26)5)47-34-25(20-40-47)33(46-17-12-22(13-18-46)41-35(48)49-36(2,3)4)42-32(43-34)29-23-9-6-14-37(30(23)50-44-29)15-7-11-27-28(37)24(19-38)31(39)51-27/h20-22,26H,6-18,39H2,1-5H3,(H,41,48)/t21-,26-,37-/m0/s1. The molecule has 2 aliphatic heterocycles. The third-order valence-electron chi connectivity index (χ3n) is 11.5. The van der Waals surface area contributed by atoms with Gasteiger partial charge in [-0.1, -0.05) is 5.16 Å². The lowest BCUT2D eigenvalue weighted by molar-refractivity contribution is 0.0497. The van der Waals surface area contributed by atoms with Crippen LogP contribution in [0.3, 0.4) is 0 Å². The summed E-state index contributed by atoms with van der Waals surface area (Å²) in [5.41, 5.74) is 9.56. The van der Waals surface area contributed by atoms with E-state index in [1.54, 1.807) is 11.3 Å². The molecule has 4 aromatic heterocycles. The Morgan fingerprint density at radius 2 is 1.92 bits per heavy atom. The molecule has 51 heavy (non-hydrogen) atoms. The lowest BCUT2D eigenvalue weighted by atomic mass is 9.63. The zero-order valence-corrected chi connectivity index (χ0v) is 31.1. The van der Waals surface area contributed by atoms with E-state index in [1.165, 1.54) is 11.3 Å². The monoisotopic (exact) mass is 712 g/mol. The van der Waals surface area contributed by atoms with Crippen molar-refractivity contribution in [2.45, 2.75) is 121 Å². The van der Waals surface area contributed by atoms with Crippen LogP contribution in [-0.4, -0.2) is 80.3 Å². The van der Waals surface area contributed by atoms with Crippen molar-refractivity contribution in [3.05, 3.63) is 33.5 Å². The number of aryl methyl sites for hydroxylation is 1. The first-order valence-corrected chi connectivity index (χ1v) is 19.3. The number of alkyl carbamates (subject to hydrolysis) is 1. The van der Waals surface area contributed by atoms with Crippen LogP contribution in [-0.2, 0) is 23.0 Å². The molecule has 13 nitrogen and oxygen atoms in total. The number of carbonyl (C=O) groups is 1. The number of piperidine rings is 1. The molecule has 4 aliphatic rings. The fraction of sp³-hybridized carbons (Fsp3) is 0.622. The minimum Gasteiger partial charge on any atom is -0.444 e. The van der Waals surface area contributed by atoms with Gasteiger partial charge in [0.2, 0.25) is 0 Å². The number of nitrogens with two attached hydrogens (primary N) is 1. The second-order valence-corrected chi connectivity index (χ2v) is 17.1. The van der Waals surface area contributed by atoms with E-state index < -0.39 is 11.0 Å². The van der Waals surface area contributed by atoms with Gasteiger partial charge in [0.25, 0.3) is 0 Å². The first-order chi connectivity index (χ1) is 24.5. The average Bonchev–Trinajstić information content (AvgIpc) is 3.89. The van der Waals surface area contributed by atoms with E-state index in [9.17, 15) is 10.1 Å². The van der Waals surface area contributed by atoms with Crippen LogP contribution in [0.25, 0.3) is 22.6 Å². The van der Waals surface area contributed by atoms with Crippen molar-refractivity contribution in [2.75, 3.05) is 37.3 Å². The highest BCUT2D eigenvalue weighted by molar-refractivity contribution is 7.16. The third-order valence-corrected chi connectivity index (χ3v) is 12.6. The number of rotatable bonds is 5. The van der Waals surface area contributed by atoms with Crippen LogP contribution in [0.2, 0.25) is 0 Å². The molecule has 270 valence electrons. The molecular formula is C37H48N10O3S. The van der Waals surface area contributed by atoms with Crippen LogP contribution in [0, 0.1) is 11.3 Å². The number of nitrogen functional groups attached to an aromatic ring is 1. The molecule has 3 N–H and O–H groups in total. The largest absolute Gasteiger partial charge is 0.444 e. The van der Waals surface area contributed by atoms with Gasteiger partial charge in [-0.05, 0) is 111 Å². The summed E-state index contributed by atoms with van der Waals surface area (Å²) in [6.07, 6.45) is 10.8. The number of likely N-dealkylation sites (N-methyl/N-ethyl adjacent to an activating group) is 1. The van der Waals surface area contributed by atoms with Gasteiger partial charge in [0.15, 0.2) is 22.9 Å². The fourth-order valence-electron chi connectivity index (χ4n) is 9.19. The number of amides is 1. The number of fused-ring (bicyclic) bond motifs is 5. The number of nitrogens with one attached hydrogen (secondary N) is 1. The Labute approximate surface area is 302 Å². The fourth-order valence-corrected chi connectivity index (χ4v) is 10.4. The number of thiophene rings is 1. The molecule has 6 heterocycles. The van der Waals surface area contributed by atoms with Gasteiger partial charge in [-0.25, -0.2) is 19.4 Å². The Balaban J connectivity index is 1.19. The Kier molecular flexibility index (Phi) is 8.49. The number of anilines is 2. The quantitative estimate of drug-likeness (QED) is 0.246. The number of ether oxygens (including phenoxy) is 1. The smallest absolute Gasteiger partial charge is 0.407 e. The first kappa shape index (κ1) is 33.9. The van der Waals surface area contributed by atoms with Gasteiger partial charge in [0.05, 0.1) is 28.6 Å². The van der Waals surface area contributed by atoms with Crippen molar-refractivity contribution in [3.63, 3.8) is 0 Å². The lowest BCUT2D eigenvalue weighted by Gasteiger charge is -2.39. The second kappa shape index (κ2) is 12.8. The van der Waals surface area contributed by atoms with Crippen molar-refractivity contribution in [1.29, 1.82) is 5.26 Å². The van der Waals surface area contributed by atoms with Crippen LogP contribution >= 0.6 is 11.3 Å². The summed E-state index contributed by atoms with van der Waals surface area (Å²) in [5, 5.41) is 24.4. The van der Waals surface area contributed by atoms with E-state index in [0.717, 1.165) is 98.1 Å². The minimum absolute atomic E-state index is 0.0112. The van der Waals surface area contributed by atoms with Crippen molar-refractivity contribution < 1.29 is 14.1 Å². The summed E-state index contributed by atoms with van der Waals surface area (Å²) in [6.45, 7) is 10.3. The molecule has 0 bridgehead atoms. The number of hydrogen-bond donors (Lipinski definition) is 2. The van der Waals surface area contributed by atoms with E-state index >= 15 is 0 Å². The van der Waals surface area contributed by atoms with E-state index in [2.05, 4.69) is 39.8 Å². The molecule has 1 spiro atoms. The molecule has 0 radical (unpaired) electrons. The van der Waals surface area contributed by atoms with Gasteiger partial charge < -0.3 is 30.1 Å². The molecule has 1 amide bonds. The number of likely N-dealkylation sites (tertiary alicyclic amines) is 1. The number of carbonyl (C=O) groups excluding carboxylic acids is 1. The number of nitrogens with zero attached hydrogens (tertiary/aromatic N) is 8. The molecule has 0 aromatic carbocycles. The maximum Gasteiger partial charge on any atom is 0.407 e. The predicted octanol–water partition coefficient (Wildman–Crippen LogP) is 6.10. The van der Waals surface area contributed by atoms with Crippen molar-refractivity contribution in [2.24, 2.45) is 0 Å². The summed E-state index contributed by atoms with van der Waals surface area (Å²) < 4.78 is 14.0. The van der Waals surface area contributed by atoms with Crippen LogP contribution in [0.4, 0.5) is 15.6 Å². The van der Waals surface area contributed by atoms with E-state index in [0.29, 0.717) is 41.2 Å². The van der Waals surface area contributed by atoms with Gasteiger partial charge in [0.1, 0.15) is 22.5 Å². The van der Waals surface area contributed by atoms with Gasteiger partial charge >= 0.3 is 6.09 Å². The van der Waals surface area contributed by atoms with Crippen molar-refractivity contribution in [1.82, 2.24) is 35.1 Å². The van der Waals surface area contributed by atoms with Gasteiger partial charge in [-0.15, -0.1) is 11.3 Å². The van der Waals surface area contributed by atoms with Crippen molar-refractivity contribution in [3.8, 4) is 17.6 Å². The van der Waals surface area contributed by atoms with Crippen LogP contribution in [0.1, 0.15) is 112 Å². The minimum atomic E-state index is -0.549. The molecule has 0 saturated carbocycles. The topological polar surface area (TPSA) is 164 Å². The van der Waals surface area contributed by atoms with E-state index in [1.807, 2.05) is 27.0 Å². The highest BCUT2D eigenvalue weighted by atomic mass is 32.1. The summed E-state index contributed by atoms with van der Waals surface area (Å²) in [6, 6.07) is 2.90. The summed E-state index contributed by atoms with van der Waals surface area (Å²) in [7, 11) is 2.19. The predicted molar refractivity (Wildman–Crippen MR) is 196 cm³/mol. The Morgan fingerprint density at radius 1 is 1.16 bits per heavy atom. The lowest BCUT2D eigenvalue weighted by Crippen LogP contribution is -2.46. The molecule has 2 saturated heterocycles. The molecule has 4 aromatic rings. The highest BCUT2D eigenvalue weighted by Gasteiger charge is 2.49. The second-order valence-electron chi connectivity index (χ2n) is 15.9. The Morgan fingerprint density at radius 3 is 2.63 bits per heavy atom. The maximum atomic E-state index is 12.5. The zero-order valence-electron chi connectivity index (χ0n) is 30.3.